The molecule has 0 aliphatic heterocycles. The number of nitrogens with one attached hydrogen (secondary N) is 2. The Bertz CT molecular complexity index is 310. The number of thiocarbonyl (C=S) groups is 1. The zero-order valence-electron chi connectivity index (χ0n) is 7.90. The first-order valence-corrected chi connectivity index (χ1v) is 4.70. The van der Waals surface area contributed by atoms with Crippen LogP contribution < -0.4 is 10.7 Å². The standard InChI is InChI=1S/C9H12N4S/c1-2-11-9(14)13-12-7-8-4-3-5-10-6-8/h3-7H,2H2,1H3,(H2,11,13,14)/b12-7-. The lowest BCUT2D eigenvalue weighted by Crippen LogP contribution is -2.31. The second kappa shape index (κ2) is 6.04. The summed E-state index contributed by atoms with van der Waals surface area (Å²) in [7, 11) is 0. The summed E-state index contributed by atoms with van der Waals surface area (Å²) in [5, 5.41) is 7.39. The minimum Gasteiger partial charge on any atom is -0.362 e. The topological polar surface area (TPSA) is 49.3 Å². The fraction of sp³-hybridized carbons (Fsp3) is 0.222. The molecule has 1 rings (SSSR count). The van der Waals surface area contributed by atoms with Gasteiger partial charge in [0.2, 0.25) is 0 Å². The highest BCUT2D eigenvalue weighted by Crippen LogP contribution is 1.89. The average Bonchev–Trinajstić information content (AvgIpc) is 2.20. The predicted molar refractivity (Wildman–Crippen MR) is 61.2 cm³/mol. The summed E-state index contributed by atoms with van der Waals surface area (Å²) in [6.45, 7) is 2.76. The van der Waals surface area contributed by atoms with Crippen LogP contribution in [-0.2, 0) is 0 Å². The van der Waals surface area contributed by atoms with Crippen LogP contribution in [-0.4, -0.2) is 22.9 Å². The van der Waals surface area contributed by atoms with Crippen molar-refractivity contribution in [3.05, 3.63) is 30.1 Å². The molecule has 0 bridgehead atoms. The van der Waals surface area contributed by atoms with Crippen molar-refractivity contribution in [1.29, 1.82) is 0 Å². The van der Waals surface area contributed by atoms with E-state index in [0.29, 0.717) is 5.11 Å². The van der Waals surface area contributed by atoms with Crippen molar-refractivity contribution in [2.24, 2.45) is 5.10 Å². The Hall–Kier alpha value is -1.49. The first kappa shape index (κ1) is 10.6. The molecule has 1 aromatic rings. The van der Waals surface area contributed by atoms with Crippen molar-refractivity contribution in [3.8, 4) is 0 Å². The molecule has 0 fully saturated rings. The number of hydrogen-bond acceptors (Lipinski definition) is 3. The van der Waals surface area contributed by atoms with Crippen LogP contribution in [0.4, 0.5) is 0 Å². The van der Waals surface area contributed by atoms with Crippen LogP contribution in [0.3, 0.4) is 0 Å². The van der Waals surface area contributed by atoms with E-state index in [1.165, 1.54) is 0 Å². The number of hydrazone groups is 1. The summed E-state index contributed by atoms with van der Waals surface area (Å²) in [6.07, 6.45) is 5.10. The van der Waals surface area contributed by atoms with Gasteiger partial charge >= 0.3 is 0 Å². The van der Waals surface area contributed by atoms with Gasteiger partial charge in [-0.15, -0.1) is 0 Å². The Morgan fingerprint density at radius 3 is 3.21 bits per heavy atom. The highest BCUT2D eigenvalue weighted by atomic mass is 32.1. The molecule has 0 saturated carbocycles. The zero-order chi connectivity index (χ0) is 10.2. The van der Waals surface area contributed by atoms with E-state index in [-0.39, 0.29) is 0 Å². The Balaban J connectivity index is 2.38. The third-order valence-electron chi connectivity index (χ3n) is 1.40. The van der Waals surface area contributed by atoms with Crippen LogP contribution in [0.1, 0.15) is 12.5 Å². The van der Waals surface area contributed by atoms with Crippen molar-refractivity contribution in [2.45, 2.75) is 6.92 Å². The van der Waals surface area contributed by atoms with Crippen molar-refractivity contribution >= 4 is 23.5 Å². The van der Waals surface area contributed by atoms with Gasteiger partial charge in [-0.3, -0.25) is 10.4 Å². The lowest BCUT2D eigenvalue weighted by Gasteiger charge is -2.02. The number of rotatable bonds is 3. The molecule has 1 heterocycles. The van der Waals surface area contributed by atoms with E-state index in [1.807, 2.05) is 19.1 Å². The second-order valence-electron chi connectivity index (χ2n) is 2.52. The molecular formula is C9H12N4S. The molecule has 0 saturated heterocycles. The molecule has 4 nitrogen and oxygen atoms in total. The van der Waals surface area contributed by atoms with Crippen LogP contribution in [0.15, 0.2) is 29.6 Å². The highest BCUT2D eigenvalue weighted by molar-refractivity contribution is 7.80. The maximum Gasteiger partial charge on any atom is 0.186 e. The molecule has 0 aliphatic rings. The van der Waals surface area contributed by atoms with E-state index in [9.17, 15) is 0 Å². The zero-order valence-corrected chi connectivity index (χ0v) is 8.71. The average molecular weight is 208 g/mol. The molecule has 0 aliphatic carbocycles. The van der Waals surface area contributed by atoms with Gasteiger partial charge < -0.3 is 5.32 Å². The van der Waals surface area contributed by atoms with E-state index in [0.717, 1.165) is 12.1 Å². The Kier molecular flexibility index (Phi) is 4.57. The van der Waals surface area contributed by atoms with Crippen LogP contribution in [0, 0.1) is 0 Å². The lowest BCUT2D eigenvalue weighted by atomic mass is 10.3. The predicted octanol–water partition coefficient (Wildman–Crippen LogP) is 0.900. The largest absolute Gasteiger partial charge is 0.362 e. The quantitative estimate of drug-likeness (QED) is 0.440. The number of pyridine rings is 1. The fourth-order valence-corrected chi connectivity index (χ4v) is 1.01. The fourth-order valence-electron chi connectivity index (χ4n) is 0.818. The lowest BCUT2D eigenvalue weighted by molar-refractivity contribution is 0.904. The van der Waals surface area contributed by atoms with Crippen molar-refractivity contribution in [1.82, 2.24) is 15.7 Å². The van der Waals surface area contributed by atoms with Crippen molar-refractivity contribution < 1.29 is 0 Å². The van der Waals surface area contributed by atoms with Crippen molar-refractivity contribution in [3.63, 3.8) is 0 Å². The van der Waals surface area contributed by atoms with Gasteiger partial charge in [0.15, 0.2) is 5.11 Å². The molecule has 14 heavy (non-hydrogen) atoms. The molecular weight excluding hydrogens is 196 g/mol. The maximum atomic E-state index is 4.92. The summed E-state index contributed by atoms with van der Waals surface area (Å²) in [5.41, 5.74) is 3.62. The van der Waals surface area contributed by atoms with Gasteiger partial charge in [-0.25, -0.2) is 0 Å². The van der Waals surface area contributed by atoms with E-state index in [4.69, 9.17) is 12.2 Å². The molecule has 0 amide bonds. The SMILES string of the molecule is CCNC(=S)N/N=C\c1cccnc1. The number of aromatic nitrogens is 1. The Labute approximate surface area is 88.4 Å². The van der Waals surface area contributed by atoms with Gasteiger partial charge in [0.25, 0.3) is 0 Å². The molecule has 0 unspecified atom stereocenters. The molecule has 2 N–H and O–H groups in total. The molecule has 74 valence electrons. The first-order valence-electron chi connectivity index (χ1n) is 4.30. The van der Waals surface area contributed by atoms with Gasteiger partial charge in [0.05, 0.1) is 6.21 Å². The summed E-state index contributed by atoms with van der Waals surface area (Å²) >= 11 is 4.92. The van der Waals surface area contributed by atoms with Gasteiger partial charge in [-0.05, 0) is 25.2 Å². The maximum absolute atomic E-state index is 4.92. The van der Waals surface area contributed by atoms with Crippen LogP contribution in [0.5, 0.6) is 0 Å². The van der Waals surface area contributed by atoms with Gasteiger partial charge in [-0.2, -0.15) is 5.10 Å². The molecule has 1 aromatic heterocycles. The second-order valence-corrected chi connectivity index (χ2v) is 2.92. The van der Waals surface area contributed by atoms with Crippen molar-refractivity contribution in [2.75, 3.05) is 6.54 Å². The third-order valence-corrected chi connectivity index (χ3v) is 1.64. The monoisotopic (exact) mass is 208 g/mol. The highest BCUT2D eigenvalue weighted by Gasteiger charge is 1.88. The first-order chi connectivity index (χ1) is 6.83. The molecule has 0 spiro atoms. The van der Waals surface area contributed by atoms with E-state index < -0.39 is 0 Å². The summed E-state index contributed by atoms with van der Waals surface area (Å²) < 4.78 is 0. The van der Waals surface area contributed by atoms with Gasteiger partial charge in [0, 0.05) is 24.5 Å². The normalized spacial score (nSPS) is 10.1. The van der Waals surface area contributed by atoms with Gasteiger partial charge in [0.1, 0.15) is 0 Å². The molecule has 0 radical (unpaired) electrons. The minimum atomic E-state index is 0.521. The molecule has 0 aromatic carbocycles. The molecule has 5 heteroatoms. The van der Waals surface area contributed by atoms with E-state index in [2.05, 4.69) is 20.8 Å². The number of nitrogens with zero attached hydrogens (tertiary/aromatic N) is 2. The summed E-state index contributed by atoms with van der Waals surface area (Å²) in [4.78, 5) is 3.95. The molecule has 0 atom stereocenters. The Morgan fingerprint density at radius 1 is 1.71 bits per heavy atom. The van der Waals surface area contributed by atoms with Crippen LogP contribution >= 0.6 is 12.2 Å². The van der Waals surface area contributed by atoms with E-state index in [1.54, 1.807) is 18.6 Å². The summed E-state index contributed by atoms with van der Waals surface area (Å²) in [5.74, 6) is 0. The summed E-state index contributed by atoms with van der Waals surface area (Å²) in [6, 6.07) is 3.76. The van der Waals surface area contributed by atoms with Gasteiger partial charge in [-0.1, -0.05) is 6.07 Å². The number of hydrogen-bond donors (Lipinski definition) is 2. The minimum absolute atomic E-state index is 0.521. The smallest absolute Gasteiger partial charge is 0.186 e. The van der Waals surface area contributed by atoms with E-state index >= 15 is 0 Å². The Morgan fingerprint density at radius 2 is 2.57 bits per heavy atom. The van der Waals surface area contributed by atoms with Crippen LogP contribution in [0.2, 0.25) is 0 Å². The van der Waals surface area contributed by atoms with Crippen LogP contribution in [0.25, 0.3) is 0 Å². The third kappa shape index (κ3) is 3.95.